The molecular formula is C19H28BFO3. The predicted molar refractivity (Wildman–Crippen MR) is 96.4 cm³/mol. The summed E-state index contributed by atoms with van der Waals surface area (Å²) in [4.78, 5) is 0. The van der Waals surface area contributed by atoms with Gasteiger partial charge in [-0.1, -0.05) is 29.8 Å². The Hall–Kier alpha value is -1.17. The van der Waals surface area contributed by atoms with Crippen molar-refractivity contribution in [1.29, 1.82) is 0 Å². The Kier molecular flexibility index (Phi) is 5.89. The Morgan fingerprint density at radius 1 is 1.08 bits per heavy atom. The first kappa shape index (κ1) is 19.2. The van der Waals surface area contributed by atoms with Crippen LogP contribution in [-0.2, 0) is 14.0 Å². The normalized spacial score (nSPS) is 20.2. The summed E-state index contributed by atoms with van der Waals surface area (Å²) < 4.78 is 32.4. The molecule has 0 amide bonds. The smallest absolute Gasteiger partial charge is 0.398 e. The SMILES string of the molecule is CCOCCC(=C(F)B1OC(C)(C)C(C)(C)O1)c1ccc(C)cc1. The molecule has 1 saturated heterocycles. The van der Waals surface area contributed by atoms with Crippen molar-refractivity contribution >= 4 is 12.7 Å². The van der Waals surface area contributed by atoms with Crippen molar-refractivity contribution < 1.29 is 18.4 Å². The number of hydrogen-bond acceptors (Lipinski definition) is 3. The van der Waals surface area contributed by atoms with E-state index in [2.05, 4.69) is 0 Å². The van der Waals surface area contributed by atoms with Gasteiger partial charge in [-0.25, -0.2) is 4.39 Å². The lowest BCUT2D eigenvalue weighted by molar-refractivity contribution is 0.00578. The third-order valence-electron chi connectivity index (χ3n) is 4.85. The molecule has 1 heterocycles. The van der Waals surface area contributed by atoms with Crippen molar-refractivity contribution in [3.05, 3.63) is 41.1 Å². The highest BCUT2D eigenvalue weighted by Crippen LogP contribution is 2.40. The van der Waals surface area contributed by atoms with Gasteiger partial charge >= 0.3 is 7.12 Å². The largest absolute Gasteiger partial charge is 0.525 e. The topological polar surface area (TPSA) is 27.7 Å². The van der Waals surface area contributed by atoms with Crippen molar-refractivity contribution in [1.82, 2.24) is 0 Å². The lowest BCUT2D eigenvalue weighted by Crippen LogP contribution is -2.41. The van der Waals surface area contributed by atoms with Gasteiger partial charge in [0, 0.05) is 6.61 Å². The zero-order valence-electron chi connectivity index (χ0n) is 15.6. The molecule has 0 spiro atoms. The van der Waals surface area contributed by atoms with Gasteiger partial charge in [0.15, 0.2) is 0 Å². The van der Waals surface area contributed by atoms with E-state index < -0.39 is 18.3 Å². The molecule has 0 unspecified atom stereocenters. The lowest BCUT2D eigenvalue weighted by Gasteiger charge is -2.32. The molecule has 2 rings (SSSR count). The van der Waals surface area contributed by atoms with E-state index in [-0.39, 0.29) is 5.73 Å². The van der Waals surface area contributed by atoms with Crippen LogP contribution in [0.1, 0.15) is 52.2 Å². The minimum Gasteiger partial charge on any atom is -0.398 e. The molecule has 0 bridgehead atoms. The quantitative estimate of drug-likeness (QED) is 0.556. The molecule has 0 N–H and O–H groups in total. The number of benzene rings is 1. The van der Waals surface area contributed by atoms with E-state index in [0.29, 0.717) is 25.2 Å². The van der Waals surface area contributed by atoms with E-state index in [1.165, 1.54) is 0 Å². The van der Waals surface area contributed by atoms with E-state index in [1.807, 2.05) is 65.8 Å². The van der Waals surface area contributed by atoms with Crippen LogP contribution >= 0.6 is 0 Å². The number of rotatable bonds is 6. The Balaban J connectivity index is 2.33. The number of hydrogen-bond donors (Lipinski definition) is 0. The van der Waals surface area contributed by atoms with Gasteiger partial charge in [-0.05, 0) is 59.1 Å². The molecule has 1 aromatic rings. The molecule has 0 aromatic heterocycles. The van der Waals surface area contributed by atoms with E-state index in [0.717, 1.165) is 11.1 Å². The second-order valence-electron chi connectivity index (χ2n) is 7.23. The van der Waals surface area contributed by atoms with Crippen LogP contribution in [0, 0.1) is 6.92 Å². The third-order valence-corrected chi connectivity index (χ3v) is 4.85. The van der Waals surface area contributed by atoms with Gasteiger partial charge in [-0.15, -0.1) is 0 Å². The van der Waals surface area contributed by atoms with Crippen LogP contribution in [0.3, 0.4) is 0 Å². The molecule has 1 aromatic carbocycles. The summed E-state index contributed by atoms with van der Waals surface area (Å²) in [6, 6.07) is 7.82. The van der Waals surface area contributed by atoms with Gasteiger partial charge in [-0.2, -0.15) is 0 Å². The molecule has 1 fully saturated rings. The number of ether oxygens (including phenoxy) is 1. The van der Waals surface area contributed by atoms with Gasteiger partial charge in [0.1, 0.15) is 5.73 Å². The fraction of sp³-hybridized carbons (Fsp3) is 0.579. The minimum absolute atomic E-state index is 0.364. The summed E-state index contributed by atoms with van der Waals surface area (Å²) in [5.41, 5.74) is 1.08. The van der Waals surface area contributed by atoms with E-state index in [4.69, 9.17) is 14.0 Å². The van der Waals surface area contributed by atoms with Crippen LogP contribution < -0.4 is 0 Å². The Morgan fingerprint density at radius 3 is 2.12 bits per heavy atom. The van der Waals surface area contributed by atoms with Crippen LogP contribution in [0.5, 0.6) is 0 Å². The number of halogens is 1. The fourth-order valence-corrected chi connectivity index (χ4v) is 2.56. The van der Waals surface area contributed by atoms with Crippen molar-refractivity contribution in [3.8, 4) is 0 Å². The molecule has 0 saturated carbocycles. The van der Waals surface area contributed by atoms with Crippen LogP contribution in [0.2, 0.25) is 0 Å². The maximum absolute atomic E-state index is 15.2. The Labute approximate surface area is 145 Å². The molecule has 24 heavy (non-hydrogen) atoms. The molecule has 1 aliphatic rings. The highest BCUT2D eigenvalue weighted by atomic mass is 19.1. The minimum atomic E-state index is -0.979. The standard InChI is InChI=1S/C19H28BFO3/c1-7-22-13-12-16(15-10-8-14(2)9-11-15)17(21)20-23-18(3,4)19(5,6)24-20/h8-11H,7,12-13H2,1-6H3. The highest BCUT2D eigenvalue weighted by Gasteiger charge is 2.53. The van der Waals surface area contributed by atoms with Crippen molar-refractivity contribution in [2.45, 2.75) is 59.2 Å². The first-order valence-electron chi connectivity index (χ1n) is 8.57. The molecule has 1 aliphatic heterocycles. The fourth-order valence-electron chi connectivity index (χ4n) is 2.56. The zero-order chi connectivity index (χ0) is 18.0. The summed E-state index contributed by atoms with van der Waals surface area (Å²) in [5.74, 6) is 0. The lowest BCUT2D eigenvalue weighted by atomic mass is 9.81. The summed E-state index contributed by atoms with van der Waals surface area (Å²) in [6.07, 6.45) is 0.479. The zero-order valence-corrected chi connectivity index (χ0v) is 15.6. The summed E-state index contributed by atoms with van der Waals surface area (Å²) in [7, 11) is -0.979. The van der Waals surface area contributed by atoms with Gasteiger partial charge in [0.25, 0.3) is 0 Å². The van der Waals surface area contributed by atoms with Crippen LogP contribution in [-0.4, -0.2) is 31.5 Å². The average molecular weight is 334 g/mol. The molecule has 0 aliphatic carbocycles. The molecule has 0 radical (unpaired) electrons. The van der Waals surface area contributed by atoms with Crippen molar-refractivity contribution in [3.63, 3.8) is 0 Å². The van der Waals surface area contributed by atoms with Gasteiger partial charge in [-0.3, -0.25) is 0 Å². The summed E-state index contributed by atoms with van der Waals surface area (Å²) >= 11 is 0. The Bertz CT molecular complexity index is 577. The summed E-state index contributed by atoms with van der Waals surface area (Å²) in [6.45, 7) is 12.7. The highest BCUT2D eigenvalue weighted by molar-refractivity contribution is 6.55. The van der Waals surface area contributed by atoms with Gasteiger partial charge in [0.05, 0.1) is 17.8 Å². The van der Waals surface area contributed by atoms with E-state index >= 15 is 4.39 Å². The van der Waals surface area contributed by atoms with Crippen molar-refractivity contribution in [2.75, 3.05) is 13.2 Å². The van der Waals surface area contributed by atoms with Crippen LogP contribution in [0.15, 0.2) is 30.0 Å². The maximum Gasteiger partial charge on any atom is 0.525 e. The van der Waals surface area contributed by atoms with Gasteiger partial charge < -0.3 is 14.0 Å². The van der Waals surface area contributed by atoms with Crippen molar-refractivity contribution in [2.24, 2.45) is 0 Å². The Morgan fingerprint density at radius 2 is 1.62 bits per heavy atom. The molecule has 5 heteroatoms. The molecule has 132 valence electrons. The number of aryl methyl sites for hydroxylation is 1. The summed E-state index contributed by atoms with van der Waals surface area (Å²) in [5, 5.41) is 0. The van der Waals surface area contributed by atoms with E-state index in [9.17, 15) is 0 Å². The third kappa shape index (κ3) is 4.08. The maximum atomic E-state index is 15.2. The first-order valence-corrected chi connectivity index (χ1v) is 8.57. The second kappa shape index (κ2) is 7.38. The van der Waals surface area contributed by atoms with Crippen LogP contribution in [0.25, 0.3) is 5.57 Å². The monoisotopic (exact) mass is 334 g/mol. The predicted octanol–water partition coefficient (Wildman–Crippen LogP) is 4.73. The molecule has 3 nitrogen and oxygen atoms in total. The van der Waals surface area contributed by atoms with Crippen LogP contribution in [0.4, 0.5) is 4.39 Å². The second-order valence-corrected chi connectivity index (χ2v) is 7.23. The average Bonchev–Trinajstić information content (AvgIpc) is 2.73. The van der Waals surface area contributed by atoms with E-state index in [1.54, 1.807) is 0 Å². The molecule has 0 atom stereocenters. The molecular weight excluding hydrogens is 306 g/mol. The van der Waals surface area contributed by atoms with Gasteiger partial charge in [0.2, 0.25) is 0 Å². The first-order chi connectivity index (χ1) is 11.2.